The van der Waals surface area contributed by atoms with Gasteiger partial charge < -0.3 is 15.7 Å². The van der Waals surface area contributed by atoms with Gasteiger partial charge in [0.1, 0.15) is 12.1 Å². The smallest absolute Gasteiger partial charge is 0.272 e. The molecule has 0 saturated heterocycles. The molecule has 8 nitrogen and oxygen atoms in total. The third kappa shape index (κ3) is 6.45. The fourth-order valence-electron chi connectivity index (χ4n) is 2.43. The summed E-state index contributed by atoms with van der Waals surface area (Å²) in [5.74, 6) is -3.10. The van der Waals surface area contributed by atoms with Gasteiger partial charge in [-0.2, -0.15) is 0 Å². The zero-order valence-corrected chi connectivity index (χ0v) is 15.3. The van der Waals surface area contributed by atoms with E-state index in [1.807, 2.05) is 31.4 Å². The SMILES string of the molecule is CNC(=O)C(Cc1cccs1)NC(=O)[C@H](CC(C)C)[C@H](O)C(=O)NO. The van der Waals surface area contributed by atoms with E-state index in [0.29, 0.717) is 6.42 Å². The summed E-state index contributed by atoms with van der Waals surface area (Å²) in [6, 6.07) is 2.88. The lowest BCUT2D eigenvalue weighted by molar-refractivity contribution is -0.147. The highest BCUT2D eigenvalue weighted by molar-refractivity contribution is 7.09. The van der Waals surface area contributed by atoms with Gasteiger partial charge in [-0.25, -0.2) is 5.48 Å². The molecule has 0 spiro atoms. The summed E-state index contributed by atoms with van der Waals surface area (Å²) in [7, 11) is 1.47. The molecule has 0 radical (unpaired) electrons. The molecule has 140 valence electrons. The zero-order valence-electron chi connectivity index (χ0n) is 14.5. The number of likely N-dealkylation sites (N-methyl/N-ethyl adjacent to an activating group) is 1. The minimum atomic E-state index is -1.71. The van der Waals surface area contributed by atoms with Crippen molar-refractivity contribution >= 4 is 29.1 Å². The molecule has 25 heavy (non-hydrogen) atoms. The summed E-state index contributed by atoms with van der Waals surface area (Å²) < 4.78 is 0. The van der Waals surface area contributed by atoms with Gasteiger partial charge in [0.2, 0.25) is 11.8 Å². The number of aliphatic hydroxyl groups excluding tert-OH is 1. The van der Waals surface area contributed by atoms with E-state index in [1.54, 1.807) is 0 Å². The quantitative estimate of drug-likeness (QED) is 0.310. The molecule has 0 aliphatic rings. The van der Waals surface area contributed by atoms with Crippen LogP contribution in [0.4, 0.5) is 0 Å². The molecule has 1 rings (SSSR count). The Morgan fingerprint density at radius 1 is 1.20 bits per heavy atom. The molecule has 5 N–H and O–H groups in total. The third-order valence-corrected chi connectivity index (χ3v) is 4.59. The van der Waals surface area contributed by atoms with Crippen molar-refractivity contribution in [3.8, 4) is 0 Å². The molecule has 3 amide bonds. The number of carbonyl (C=O) groups is 3. The van der Waals surface area contributed by atoms with Gasteiger partial charge in [-0.1, -0.05) is 19.9 Å². The number of rotatable bonds is 9. The Bertz CT molecular complexity index is 576. The lowest BCUT2D eigenvalue weighted by atomic mass is 9.90. The van der Waals surface area contributed by atoms with Gasteiger partial charge in [-0.15, -0.1) is 11.3 Å². The van der Waals surface area contributed by atoms with E-state index >= 15 is 0 Å². The maximum Gasteiger partial charge on any atom is 0.272 e. The number of nitrogens with one attached hydrogen (secondary N) is 3. The van der Waals surface area contributed by atoms with E-state index in [0.717, 1.165) is 4.88 Å². The first kappa shape index (κ1) is 21.1. The lowest BCUT2D eigenvalue weighted by Crippen LogP contribution is -2.52. The highest BCUT2D eigenvalue weighted by Crippen LogP contribution is 2.18. The van der Waals surface area contributed by atoms with Crippen LogP contribution in [-0.2, 0) is 20.8 Å². The summed E-state index contributed by atoms with van der Waals surface area (Å²) in [4.78, 5) is 37.1. The first-order valence-electron chi connectivity index (χ1n) is 7.96. The Labute approximate surface area is 150 Å². The van der Waals surface area contributed by atoms with Crippen molar-refractivity contribution in [2.75, 3.05) is 7.05 Å². The van der Waals surface area contributed by atoms with Crippen molar-refractivity contribution in [3.05, 3.63) is 22.4 Å². The van der Waals surface area contributed by atoms with E-state index in [4.69, 9.17) is 5.21 Å². The standard InChI is InChI=1S/C16H25N3O5S/c1-9(2)7-11(13(20)16(23)19-24)14(21)18-12(15(22)17-3)8-10-5-4-6-25-10/h4-6,9,11-13,20,24H,7-8H2,1-3H3,(H,17,22)(H,18,21)(H,19,23)/t11-,12?,13+/m1/s1. The molecule has 0 aliphatic carbocycles. The van der Waals surface area contributed by atoms with Crippen LogP contribution in [0.15, 0.2) is 17.5 Å². The van der Waals surface area contributed by atoms with Crippen molar-refractivity contribution in [3.63, 3.8) is 0 Å². The van der Waals surface area contributed by atoms with E-state index < -0.39 is 29.9 Å². The van der Waals surface area contributed by atoms with Crippen molar-refractivity contribution < 1.29 is 24.7 Å². The number of hydrogen-bond donors (Lipinski definition) is 5. The first-order valence-corrected chi connectivity index (χ1v) is 8.84. The van der Waals surface area contributed by atoms with Crippen molar-refractivity contribution in [2.45, 2.75) is 38.8 Å². The number of hydroxylamine groups is 1. The Hall–Kier alpha value is -1.97. The molecule has 0 bridgehead atoms. The molecule has 9 heteroatoms. The normalized spacial score (nSPS) is 14.5. The van der Waals surface area contributed by atoms with Gasteiger partial charge in [-0.05, 0) is 23.8 Å². The van der Waals surface area contributed by atoms with E-state index in [9.17, 15) is 19.5 Å². The molecule has 0 fully saturated rings. The molecule has 1 heterocycles. The fraction of sp³-hybridized carbons (Fsp3) is 0.562. The van der Waals surface area contributed by atoms with E-state index in [1.165, 1.54) is 23.9 Å². The predicted octanol–water partition coefficient (Wildman–Crippen LogP) is 0.0500. The topological polar surface area (TPSA) is 128 Å². The van der Waals surface area contributed by atoms with Crippen molar-refractivity contribution in [1.82, 2.24) is 16.1 Å². The number of thiophene rings is 1. The number of hydrogen-bond acceptors (Lipinski definition) is 6. The van der Waals surface area contributed by atoms with Crippen LogP contribution in [0.3, 0.4) is 0 Å². The lowest BCUT2D eigenvalue weighted by Gasteiger charge is -2.25. The predicted molar refractivity (Wildman–Crippen MR) is 92.9 cm³/mol. The largest absolute Gasteiger partial charge is 0.382 e. The van der Waals surface area contributed by atoms with Gasteiger partial charge in [0.15, 0.2) is 0 Å². The number of amides is 3. The second-order valence-electron chi connectivity index (χ2n) is 6.12. The summed E-state index contributed by atoms with van der Waals surface area (Å²) in [5.41, 5.74) is 1.35. The van der Waals surface area contributed by atoms with Crippen LogP contribution in [0.1, 0.15) is 25.1 Å². The Morgan fingerprint density at radius 3 is 2.36 bits per heavy atom. The highest BCUT2D eigenvalue weighted by atomic mass is 32.1. The maximum absolute atomic E-state index is 12.6. The maximum atomic E-state index is 12.6. The fourth-order valence-corrected chi connectivity index (χ4v) is 3.18. The zero-order chi connectivity index (χ0) is 19.0. The second-order valence-corrected chi connectivity index (χ2v) is 7.15. The molecular weight excluding hydrogens is 346 g/mol. The van der Waals surface area contributed by atoms with Gasteiger partial charge in [-0.3, -0.25) is 19.6 Å². The first-order chi connectivity index (χ1) is 11.8. The summed E-state index contributed by atoms with van der Waals surface area (Å²) >= 11 is 1.46. The van der Waals surface area contributed by atoms with Crippen molar-refractivity contribution in [2.24, 2.45) is 11.8 Å². The van der Waals surface area contributed by atoms with Crippen LogP contribution in [0.25, 0.3) is 0 Å². The van der Waals surface area contributed by atoms with E-state index in [2.05, 4.69) is 10.6 Å². The Morgan fingerprint density at radius 2 is 1.88 bits per heavy atom. The molecule has 1 aromatic heterocycles. The van der Waals surface area contributed by atoms with Crippen LogP contribution in [-0.4, -0.2) is 47.2 Å². The molecule has 1 unspecified atom stereocenters. The van der Waals surface area contributed by atoms with Crippen LogP contribution in [0.5, 0.6) is 0 Å². The number of carbonyl (C=O) groups excluding carboxylic acids is 3. The molecule has 3 atom stereocenters. The summed E-state index contributed by atoms with van der Waals surface area (Å²) in [6.45, 7) is 3.68. The minimum absolute atomic E-state index is 0.0210. The second kappa shape index (κ2) is 10.1. The highest BCUT2D eigenvalue weighted by Gasteiger charge is 2.34. The average Bonchev–Trinajstić information content (AvgIpc) is 3.09. The van der Waals surface area contributed by atoms with Gasteiger partial charge >= 0.3 is 0 Å². The molecule has 0 saturated carbocycles. The van der Waals surface area contributed by atoms with Crippen LogP contribution >= 0.6 is 11.3 Å². The van der Waals surface area contributed by atoms with Crippen LogP contribution < -0.4 is 16.1 Å². The summed E-state index contributed by atoms with van der Waals surface area (Å²) in [6.07, 6.45) is -1.18. The minimum Gasteiger partial charge on any atom is -0.382 e. The van der Waals surface area contributed by atoms with Crippen LogP contribution in [0.2, 0.25) is 0 Å². The van der Waals surface area contributed by atoms with Gasteiger partial charge in [0, 0.05) is 18.3 Å². The van der Waals surface area contributed by atoms with E-state index in [-0.39, 0.29) is 18.2 Å². The number of aliphatic hydroxyl groups is 1. The molecule has 0 aliphatic heterocycles. The van der Waals surface area contributed by atoms with Crippen LogP contribution in [0, 0.1) is 11.8 Å². The molecular formula is C16H25N3O5S. The Kier molecular flexibility index (Phi) is 8.53. The van der Waals surface area contributed by atoms with Gasteiger partial charge in [0.25, 0.3) is 5.91 Å². The summed E-state index contributed by atoms with van der Waals surface area (Å²) in [5, 5.41) is 25.7. The molecule has 1 aromatic rings. The van der Waals surface area contributed by atoms with Gasteiger partial charge in [0.05, 0.1) is 5.92 Å². The third-order valence-electron chi connectivity index (χ3n) is 3.69. The monoisotopic (exact) mass is 371 g/mol. The van der Waals surface area contributed by atoms with Crippen molar-refractivity contribution in [1.29, 1.82) is 0 Å². The molecule has 0 aromatic carbocycles. The average molecular weight is 371 g/mol. The Balaban J connectivity index is 2.92.